The molecule has 0 fully saturated rings. The maximum Gasteiger partial charge on any atom is 0.0598 e. The highest BCUT2D eigenvalue weighted by Gasteiger charge is 2.18. The lowest BCUT2D eigenvalue weighted by Crippen LogP contribution is -2.27. The van der Waals surface area contributed by atoms with Gasteiger partial charge >= 0.3 is 0 Å². The van der Waals surface area contributed by atoms with Crippen LogP contribution in [0.25, 0.3) is 0 Å². The molecule has 0 unspecified atom stereocenters. The molecular weight excluding hydrogens is 292 g/mol. The van der Waals surface area contributed by atoms with E-state index < -0.39 is 0 Å². The summed E-state index contributed by atoms with van der Waals surface area (Å²) in [5, 5.41) is 0. The molecule has 0 rings (SSSR count). The Morgan fingerprint density at radius 2 is 0.870 bits per heavy atom. The first kappa shape index (κ1) is 22.8. The van der Waals surface area contributed by atoms with Crippen molar-refractivity contribution in [2.45, 2.75) is 79.4 Å². The molecule has 140 valence electrons. The fourth-order valence-corrected chi connectivity index (χ4v) is 1.82. The summed E-state index contributed by atoms with van der Waals surface area (Å²) in [6.07, 6.45) is 1.86. The van der Waals surface area contributed by atoms with E-state index >= 15 is 0 Å². The zero-order chi connectivity index (χ0) is 18.0. The van der Waals surface area contributed by atoms with Crippen LogP contribution in [-0.4, -0.2) is 50.8 Å². The molecule has 0 atom stereocenters. The van der Waals surface area contributed by atoms with Crippen LogP contribution in [-0.2, 0) is 18.9 Å². The quantitative estimate of drug-likeness (QED) is 0.495. The Morgan fingerprint density at radius 1 is 0.522 bits per heavy atom. The zero-order valence-electron chi connectivity index (χ0n) is 16.8. The van der Waals surface area contributed by atoms with Crippen molar-refractivity contribution >= 4 is 0 Å². The second kappa shape index (κ2) is 10.7. The van der Waals surface area contributed by atoms with Gasteiger partial charge in [-0.05, 0) is 54.4 Å². The normalized spacial score (nSPS) is 13.6. The summed E-state index contributed by atoms with van der Waals surface area (Å²) < 4.78 is 22.8. The Bertz CT molecular complexity index is 259. The van der Waals surface area contributed by atoms with E-state index in [1.807, 2.05) is 0 Å². The molecule has 0 aliphatic rings. The van der Waals surface area contributed by atoms with Gasteiger partial charge in [0.25, 0.3) is 0 Å². The number of hydrogen-bond donors (Lipinski definition) is 0. The lowest BCUT2D eigenvalue weighted by Gasteiger charge is -2.25. The molecule has 0 spiro atoms. The van der Waals surface area contributed by atoms with Crippen LogP contribution in [0.2, 0.25) is 0 Å². The molecule has 0 N–H and O–H groups in total. The van der Waals surface area contributed by atoms with Crippen molar-refractivity contribution in [3.05, 3.63) is 0 Å². The third kappa shape index (κ3) is 18.0. The van der Waals surface area contributed by atoms with E-state index in [0.717, 1.165) is 39.3 Å². The van der Waals surface area contributed by atoms with E-state index in [4.69, 9.17) is 18.9 Å². The van der Waals surface area contributed by atoms with Crippen LogP contribution in [0.5, 0.6) is 0 Å². The Labute approximate surface area is 144 Å². The molecule has 23 heavy (non-hydrogen) atoms. The molecule has 0 bridgehead atoms. The van der Waals surface area contributed by atoms with Crippen LogP contribution in [0, 0.1) is 5.41 Å². The minimum absolute atomic E-state index is 0.0375. The van der Waals surface area contributed by atoms with Crippen molar-refractivity contribution in [3.63, 3.8) is 0 Å². The summed E-state index contributed by atoms with van der Waals surface area (Å²) in [5.41, 5.74) is -0.0939. The van der Waals surface area contributed by atoms with Crippen LogP contribution in [0.4, 0.5) is 0 Å². The SMILES string of the molecule is CC(C)(COCCCOC(C)(C)C)COCCCOC(C)(C)C. The highest BCUT2D eigenvalue weighted by Crippen LogP contribution is 2.16. The molecule has 0 aromatic heterocycles. The lowest BCUT2D eigenvalue weighted by molar-refractivity contribution is -0.0380. The van der Waals surface area contributed by atoms with Gasteiger partial charge in [0, 0.05) is 31.8 Å². The topological polar surface area (TPSA) is 36.9 Å². The van der Waals surface area contributed by atoms with Crippen LogP contribution in [0.3, 0.4) is 0 Å². The van der Waals surface area contributed by atoms with Gasteiger partial charge in [-0.25, -0.2) is 0 Å². The molecule has 0 aliphatic carbocycles. The van der Waals surface area contributed by atoms with Gasteiger partial charge in [0.05, 0.1) is 24.4 Å². The molecule has 0 amide bonds. The van der Waals surface area contributed by atoms with E-state index in [2.05, 4.69) is 55.4 Å². The van der Waals surface area contributed by atoms with E-state index in [-0.39, 0.29) is 16.6 Å². The van der Waals surface area contributed by atoms with E-state index in [1.165, 1.54) is 0 Å². The molecule has 0 radical (unpaired) electrons. The zero-order valence-corrected chi connectivity index (χ0v) is 16.8. The van der Waals surface area contributed by atoms with Gasteiger partial charge in [-0.15, -0.1) is 0 Å². The Hall–Kier alpha value is -0.160. The third-order valence-electron chi connectivity index (χ3n) is 2.92. The standard InChI is InChI=1S/C19H40O4/c1-17(2,3)22-13-9-11-20-15-19(7,8)16-21-12-10-14-23-18(4,5)6/h9-16H2,1-8H3. The molecule has 0 aromatic carbocycles. The first-order chi connectivity index (χ1) is 10.4. The number of hydrogen-bond acceptors (Lipinski definition) is 4. The Kier molecular flexibility index (Phi) is 10.6. The predicted molar refractivity (Wildman–Crippen MR) is 96.1 cm³/mol. The van der Waals surface area contributed by atoms with Gasteiger partial charge in [-0.1, -0.05) is 13.8 Å². The molecule has 4 heteroatoms. The summed E-state index contributed by atoms with van der Waals surface area (Å²) in [6, 6.07) is 0. The molecule has 0 aliphatic heterocycles. The predicted octanol–water partition coefficient (Wildman–Crippen LogP) is 4.46. The third-order valence-corrected chi connectivity index (χ3v) is 2.92. The molecular formula is C19H40O4. The smallest absolute Gasteiger partial charge is 0.0598 e. The van der Waals surface area contributed by atoms with Gasteiger partial charge in [0.1, 0.15) is 0 Å². The van der Waals surface area contributed by atoms with Crippen molar-refractivity contribution in [2.24, 2.45) is 5.41 Å². The average Bonchev–Trinajstić information content (AvgIpc) is 2.35. The van der Waals surface area contributed by atoms with E-state index in [1.54, 1.807) is 0 Å². The highest BCUT2D eigenvalue weighted by molar-refractivity contribution is 4.67. The van der Waals surface area contributed by atoms with Crippen molar-refractivity contribution in [1.82, 2.24) is 0 Å². The van der Waals surface area contributed by atoms with Crippen molar-refractivity contribution < 1.29 is 18.9 Å². The van der Waals surface area contributed by atoms with E-state index in [0.29, 0.717) is 13.2 Å². The summed E-state index contributed by atoms with van der Waals surface area (Å²) >= 11 is 0. The van der Waals surface area contributed by atoms with Crippen molar-refractivity contribution in [1.29, 1.82) is 0 Å². The maximum atomic E-state index is 5.75. The number of ether oxygens (including phenoxy) is 4. The number of rotatable bonds is 12. The summed E-state index contributed by atoms with van der Waals surface area (Å²) in [6.45, 7) is 21.1. The largest absolute Gasteiger partial charge is 0.381 e. The molecule has 0 saturated carbocycles. The van der Waals surface area contributed by atoms with Crippen LogP contribution >= 0.6 is 0 Å². The second-order valence-electron chi connectivity index (χ2n) is 8.90. The van der Waals surface area contributed by atoms with Gasteiger partial charge < -0.3 is 18.9 Å². The van der Waals surface area contributed by atoms with Crippen molar-refractivity contribution in [2.75, 3.05) is 39.6 Å². The lowest BCUT2D eigenvalue weighted by atomic mass is 9.96. The molecule has 0 saturated heterocycles. The second-order valence-corrected chi connectivity index (χ2v) is 8.90. The Morgan fingerprint density at radius 3 is 1.17 bits per heavy atom. The summed E-state index contributed by atoms with van der Waals surface area (Å²) in [5.74, 6) is 0. The van der Waals surface area contributed by atoms with Gasteiger partial charge in [-0.2, -0.15) is 0 Å². The molecule has 0 heterocycles. The maximum absolute atomic E-state index is 5.75. The van der Waals surface area contributed by atoms with Crippen LogP contribution < -0.4 is 0 Å². The summed E-state index contributed by atoms with van der Waals surface area (Å²) in [4.78, 5) is 0. The van der Waals surface area contributed by atoms with Crippen molar-refractivity contribution in [3.8, 4) is 0 Å². The minimum atomic E-state index is -0.0657. The minimum Gasteiger partial charge on any atom is -0.381 e. The van der Waals surface area contributed by atoms with Crippen LogP contribution in [0.1, 0.15) is 68.2 Å². The fraction of sp³-hybridized carbons (Fsp3) is 1.00. The van der Waals surface area contributed by atoms with Gasteiger partial charge in [0.15, 0.2) is 0 Å². The first-order valence-electron chi connectivity index (χ1n) is 8.85. The monoisotopic (exact) mass is 332 g/mol. The average molecular weight is 333 g/mol. The molecule has 0 aromatic rings. The van der Waals surface area contributed by atoms with E-state index in [9.17, 15) is 0 Å². The summed E-state index contributed by atoms with van der Waals surface area (Å²) in [7, 11) is 0. The van der Waals surface area contributed by atoms with Gasteiger partial charge in [0.2, 0.25) is 0 Å². The highest BCUT2D eigenvalue weighted by atomic mass is 16.5. The molecule has 4 nitrogen and oxygen atoms in total. The Balaban J connectivity index is 3.54. The van der Waals surface area contributed by atoms with Crippen LogP contribution in [0.15, 0.2) is 0 Å². The first-order valence-corrected chi connectivity index (χ1v) is 8.85. The van der Waals surface area contributed by atoms with Gasteiger partial charge in [-0.3, -0.25) is 0 Å². The fourth-order valence-electron chi connectivity index (χ4n) is 1.82.